The molecule has 1 unspecified atom stereocenters. The van der Waals surface area contributed by atoms with Gasteiger partial charge in [0.05, 0.1) is 0 Å². The van der Waals surface area contributed by atoms with Gasteiger partial charge in [-0.1, -0.05) is 81.4 Å². The molecule has 0 fully saturated rings. The minimum absolute atomic E-state index is 0.586. The van der Waals surface area contributed by atoms with Crippen LogP contribution in [0.5, 0.6) is 5.75 Å². The van der Waals surface area contributed by atoms with Crippen LogP contribution < -0.4 is 15.3 Å². The lowest BCUT2D eigenvalue weighted by atomic mass is 10.2. The van der Waals surface area contributed by atoms with Crippen LogP contribution in [0.4, 0.5) is 0 Å². The molecule has 134 valence electrons. The van der Waals surface area contributed by atoms with Crippen LogP contribution >= 0.6 is 8.58 Å². The number of aryl methyl sites for hydroxylation is 1. The van der Waals surface area contributed by atoms with E-state index in [1.807, 2.05) is 6.07 Å². The molecule has 0 bridgehead atoms. The van der Waals surface area contributed by atoms with Crippen LogP contribution in [0.2, 0.25) is 0 Å². The Hall–Kier alpha value is -2.15. The molecule has 0 amide bonds. The highest BCUT2D eigenvalue weighted by molar-refractivity contribution is 7.55. The Morgan fingerprint density at radius 3 is 2.27 bits per heavy atom. The minimum atomic E-state index is 0.586. The lowest BCUT2D eigenvalue weighted by Gasteiger charge is -2.17. The largest absolute Gasteiger partial charge is 0.488 e. The molecule has 1 atom stereocenters. The maximum atomic E-state index is 6.24. The molecule has 3 heteroatoms. The van der Waals surface area contributed by atoms with E-state index in [0.29, 0.717) is 15.2 Å². The fourth-order valence-corrected chi connectivity index (χ4v) is 4.29. The lowest BCUT2D eigenvalue weighted by molar-refractivity contribution is 0.307. The molecule has 3 aromatic carbocycles. The van der Waals surface area contributed by atoms with E-state index < -0.39 is 0 Å². The maximum Gasteiger partial charge on any atom is 0.130 e. The van der Waals surface area contributed by atoms with Gasteiger partial charge in [-0.15, -0.1) is 0 Å². The van der Waals surface area contributed by atoms with E-state index in [1.165, 1.54) is 27.3 Å². The van der Waals surface area contributed by atoms with Crippen molar-refractivity contribution in [2.24, 2.45) is 0 Å². The van der Waals surface area contributed by atoms with Crippen molar-refractivity contribution >= 4 is 19.2 Å². The zero-order valence-electron chi connectivity index (χ0n) is 15.7. The Morgan fingerprint density at radius 2 is 1.50 bits per heavy atom. The quantitative estimate of drug-likeness (QED) is 0.582. The fourth-order valence-electron chi connectivity index (χ4n) is 2.94. The Labute approximate surface area is 158 Å². The fraction of sp³-hybridized carbons (Fsp3) is 0.217. The van der Waals surface area contributed by atoms with Crippen LogP contribution in [0.1, 0.15) is 16.7 Å². The average Bonchev–Trinajstić information content (AvgIpc) is 2.63. The van der Waals surface area contributed by atoms with Crippen molar-refractivity contribution in [3.8, 4) is 5.75 Å². The summed E-state index contributed by atoms with van der Waals surface area (Å²) in [5, 5.41) is 2.66. The SMILES string of the molecule is Cc1cccc(Pc2ccccc2CN(C)C)c1OCc1ccccc1. The minimum Gasteiger partial charge on any atom is -0.488 e. The number of rotatable bonds is 7. The van der Waals surface area contributed by atoms with Crippen LogP contribution in [-0.2, 0) is 13.2 Å². The van der Waals surface area contributed by atoms with Crippen LogP contribution in [0.3, 0.4) is 0 Å². The number of benzene rings is 3. The van der Waals surface area contributed by atoms with Gasteiger partial charge in [0.25, 0.3) is 0 Å². The second kappa shape index (κ2) is 8.98. The summed E-state index contributed by atoms with van der Waals surface area (Å²) in [7, 11) is 4.81. The summed E-state index contributed by atoms with van der Waals surface area (Å²) >= 11 is 0. The van der Waals surface area contributed by atoms with Gasteiger partial charge in [-0.05, 0) is 43.0 Å². The van der Waals surface area contributed by atoms with Gasteiger partial charge in [-0.25, -0.2) is 0 Å². The topological polar surface area (TPSA) is 12.5 Å². The molecular weight excluding hydrogens is 337 g/mol. The molecule has 0 heterocycles. The first-order valence-corrected chi connectivity index (χ1v) is 9.89. The average molecular weight is 363 g/mol. The molecule has 0 spiro atoms. The van der Waals surface area contributed by atoms with E-state index in [2.05, 4.69) is 92.6 Å². The normalized spacial score (nSPS) is 11.4. The smallest absolute Gasteiger partial charge is 0.130 e. The predicted octanol–water partition coefficient (Wildman–Crippen LogP) is 4.26. The summed E-state index contributed by atoms with van der Waals surface area (Å²) in [6.07, 6.45) is 0. The molecular formula is C23H26NOP. The second-order valence-corrected chi connectivity index (χ2v) is 8.07. The van der Waals surface area contributed by atoms with Gasteiger partial charge in [-0.3, -0.25) is 0 Å². The zero-order valence-corrected chi connectivity index (χ0v) is 16.7. The van der Waals surface area contributed by atoms with Crippen molar-refractivity contribution < 1.29 is 4.74 Å². The highest BCUT2D eigenvalue weighted by Gasteiger charge is 2.11. The molecule has 0 aliphatic rings. The van der Waals surface area contributed by atoms with Gasteiger partial charge in [0.15, 0.2) is 0 Å². The van der Waals surface area contributed by atoms with Gasteiger partial charge >= 0.3 is 0 Å². The van der Waals surface area contributed by atoms with E-state index in [9.17, 15) is 0 Å². The van der Waals surface area contributed by atoms with E-state index in [4.69, 9.17) is 4.74 Å². The molecule has 0 aliphatic heterocycles. The molecule has 0 N–H and O–H groups in total. The van der Waals surface area contributed by atoms with Crippen molar-refractivity contribution in [2.45, 2.75) is 20.1 Å². The van der Waals surface area contributed by atoms with Gasteiger partial charge in [0.1, 0.15) is 12.4 Å². The highest BCUT2D eigenvalue weighted by atomic mass is 31.1. The summed E-state index contributed by atoms with van der Waals surface area (Å²) in [6.45, 7) is 3.68. The molecule has 26 heavy (non-hydrogen) atoms. The van der Waals surface area contributed by atoms with Crippen LogP contribution in [0, 0.1) is 6.92 Å². The highest BCUT2D eigenvalue weighted by Crippen LogP contribution is 2.25. The lowest BCUT2D eigenvalue weighted by Crippen LogP contribution is -2.18. The number of hydrogen-bond donors (Lipinski definition) is 0. The van der Waals surface area contributed by atoms with Crippen LogP contribution in [0.15, 0.2) is 72.8 Å². The molecule has 3 aromatic rings. The van der Waals surface area contributed by atoms with Crippen molar-refractivity contribution in [2.75, 3.05) is 14.1 Å². The van der Waals surface area contributed by atoms with E-state index in [0.717, 1.165) is 12.3 Å². The third-order valence-corrected chi connectivity index (χ3v) is 5.63. The summed E-state index contributed by atoms with van der Waals surface area (Å²) < 4.78 is 6.24. The Bertz CT molecular complexity index is 846. The summed E-state index contributed by atoms with van der Waals surface area (Å²) in [5.41, 5.74) is 3.76. The van der Waals surface area contributed by atoms with E-state index >= 15 is 0 Å². The van der Waals surface area contributed by atoms with E-state index in [-0.39, 0.29) is 0 Å². The van der Waals surface area contributed by atoms with Gasteiger partial charge in [0.2, 0.25) is 0 Å². The Balaban J connectivity index is 1.84. The number of ether oxygens (including phenoxy) is 1. The summed E-state index contributed by atoms with van der Waals surface area (Å²) in [5.74, 6) is 1.02. The molecule has 0 saturated carbocycles. The first kappa shape index (κ1) is 18.6. The van der Waals surface area contributed by atoms with Crippen LogP contribution in [-0.4, -0.2) is 19.0 Å². The first-order valence-electron chi connectivity index (χ1n) is 8.89. The van der Waals surface area contributed by atoms with Crippen molar-refractivity contribution in [1.29, 1.82) is 0 Å². The number of para-hydroxylation sites is 1. The van der Waals surface area contributed by atoms with Gasteiger partial charge < -0.3 is 9.64 Å². The third kappa shape index (κ3) is 4.94. The summed E-state index contributed by atoms with van der Waals surface area (Å²) in [6, 6.07) is 25.5. The van der Waals surface area contributed by atoms with Crippen LogP contribution in [0.25, 0.3) is 0 Å². The standard InChI is InChI=1S/C23H26NOP/c1-18-10-9-15-22(23(18)25-17-19-11-5-4-6-12-19)26-21-14-8-7-13-20(21)16-24(2)3/h4-15,26H,16-17H2,1-3H3. The molecule has 2 nitrogen and oxygen atoms in total. The zero-order chi connectivity index (χ0) is 18.4. The number of hydrogen-bond acceptors (Lipinski definition) is 2. The molecule has 0 radical (unpaired) electrons. The molecule has 0 saturated heterocycles. The van der Waals surface area contributed by atoms with Gasteiger partial charge in [0, 0.05) is 11.8 Å². The predicted molar refractivity (Wildman–Crippen MR) is 113 cm³/mol. The van der Waals surface area contributed by atoms with Crippen molar-refractivity contribution in [3.63, 3.8) is 0 Å². The second-order valence-electron chi connectivity index (χ2n) is 6.75. The monoisotopic (exact) mass is 363 g/mol. The molecule has 3 rings (SSSR count). The third-order valence-electron chi connectivity index (χ3n) is 4.21. The summed E-state index contributed by atoms with van der Waals surface area (Å²) in [4.78, 5) is 2.21. The molecule has 0 aromatic heterocycles. The number of nitrogens with zero attached hydrogens (tertiary/aromatic N) is 1. The van der Waals surface area contributed by atoms with E-state index in [1.54, 1.807) is 0 Å². The van der Waals surface area contributed by atoms with Crippen molar-refractivity contribution in [1.82, 2.24) is 4.90 Å². The maximum absolute atomic E-state index is 6.24. The molecule has 0 aliphatic carbocycles. The Morgan fingerprint density at radius 1 is 0.808 bits per heavy atom. The Kier molecular flexibility index (Phi) is 6.44. The van der Waals surface area contributed by atoms with Gasteiger partial charge in [-0.2, -0.15) is 0 Å². The van der Waals surface area contributed by atoms with Crippen molar-refractivity contribution in [3.05, 3.63) is 89.5 Å². The first-order chi connectivity index (χ1) is 12.6.